The van der Waals surface area contributed by atoms with E-state index in [4.69, 9.17) is 4.55 Å². The van der Waals surface area contributed by atoms with Crippen molar-refractivity contribution in [2.75, 3.05) is 0 Å². The third-order valence-electron chi connectivity index (χ3n) is 3.61. The molecule has 0 spiro atoms. The number of benzene rings is 1. The molecule has 4 heteroatoms. The highest BCUT2D eigenvalue weighted by Gasteiger charge is 2.09. The highest BCUT2D eigenvalue weighted by molar-refractivity contribution is 7.85. The first-order valence-electron chi connectivity index (χ1n) is 7.50. The maximum atomic E-state index is 10.9. The van der Waals surface area contributed by atoms with Crippen molar-refractivity contribution in [1.29, 1.82) is 0 Å². The fourth-order valence-corrected chi connectivity index (χ4v) is 2.88. The van der Waals surface area contributed by atoms with Crippen LogP contribution in [0, 0.1) is 5.92 Å². The van der Waals surface area contributed by atoms with Crippen LogP contribution in [0.25, 0.3) is 0 Å². The Balaban J connectivity index is 2.37. The van der Waals surface area contributed by atoms with Gasteiger partial charge in [0.05, 0.1) is 4.90 Å². The normalized spacial score (nSPS) is 13.3. The largest absolute Gasteiger partial charge is 0.294 e. The molecule has 0 radical (unpaired) electrons. The summed E-state index contributed by atoms with van der Waals surface area (Å²) in [5, 5.41) is 0. The molecule has 1 rings (SSSR count). The van der Waals surface area contributed by atoms with Crippen LogP contribution in [0.1, 0.15) is 57.9 Å². The quantitative estimate of drug-likeness (QED) is 0.540. The van der Waals surface area contributed by atoms with Crippen molar-refractivity contribution < 1.29 is 13.0 Å². The molecule has 114 valence electrons. The van der Waals surface area contributed by atoms with Crippen molar-refractivity contribution in [2.45, 2.75) is 63.7 Å². The summed E-state index contributed by atoms with van der Waals surface area (Å²) in [5.41, 5.74) is 1.12. The summed E-state index contributed by atoms with van der Waals surface area (Å²) in [4.78, 5) is -0.0338. The van der Waals surface area contributed by atoms with E-state index in [1.165, 1.54) is 50.7 Å². The summed E-state index contributed by atoms with van der Waals surface area (Å²) in [6, 6.07) is 6.52. The van der Waals surface area contributed by atoms with E-state index in [2.05, 4.69) is 13.8 Å². The molecule has 20 heavy (non-hydrogen) atoms. The Kier molecular flexibility index (Phi) is 7.24. The van der Waals surface area contributed by atoms with Gasteiger partial charge in [-0.25, -0.2) is 0 Å². The second kappa shape index (κ2) is 8.42. The Morgan fingerprint density at radius 2 is 1.65 bits per heavy atom. The molecule has 1 unspecified atom stereocenters. The van der Waals surface area contributed by atoms with Crippen LogP contribution in [0.3, 0.4) is 0 Å². The van der Waals surface area contributed by atoms with Crippen LogP contribution in [0.15, 0.2) is 29.2 Å². The monoisotopic (exact) mass is 298 g/mol. The van der Waals surface area contributed by atoms with Gasteiger partial charge >= 0.3 is 0 Å². The Morgan fingerprint density at radius 1 is 1.05 bits per heavy atom. The van der Waals surface area contributed by atoms with Crippen molar-refractivity contribution in [3.63, 3.8) is 0 Å². The van der Waals surface area contributed by atoms with Gasteiger partial charge in [0.15, 0.2) is 0 Å². The first-order valence-corrected chi connectivity index (χ1v) is 8.94. The second-order valence-corrected chi connectivity index (χ2v) is 7.05. The maximum absolute atomic E-state index is 10.9. The van der Waals surface area contributed by atoms with Gasteiger partial charge in [-0.15, -0.1) is 0 Å². The molecule has 0 aromatic heterocycles. The van der Waals surface area contributed by atoms with Gasteiger partial charge in [-0.1, -0.05) is 64.5 Å². The van der Waals surface area contributed by atoms with Crippen LogP contribution in [0.4, 0.5) is 0 Å². The van der Waals surface area contributed by atoms with Crippen LogP contribution in [0.5, 0.6) is 0 Å². The van der Waals surface area contributed by atoms with Crippen molar-refractivity contribution in [3.05, 3.63) is 29.8 Å². The molecular formula is C16H26O3S. The van der Waals surface area contributed by atoms with Gasteiger partial charge in [0.1, 0.15) is 0 Å². The third kappa shape index (κ3) is 6.53. The summed E-state index contributed by atoms with van der Waals surface area (Å²) in [6.07, 6.45) is 8.67. The molecule has 0 aliphatic carbocycles. The molecule has 0 aliphatic heterocycles. The minimum atomic E-state index is -4.07. The lowest BCUT2D eigenvalue weighted by Gasteiger charge is -2.11. The zero-order chi connectivity index (χ0) is 15.0. The average Bonchev–Trinajstić information content (AvgIpc) is 2.38. The molecule has 0 saturated carbocycles. The highest BCUT2D eigenvalue weighted by Crippen LogP contribution is 2.18. The van der Waals surface area contributed by atoms with E-state index < -0.39 is 10.1 Å². The van der Waals surface area contributed by atoms with Gasteiger partial charge in [0, 0.05) is 0 Å². The molecule has 0 amide bonds. The van der Waals surface area contributed by atoms with Crippen LogP contribution in [0.2, 0.25) is 0 Å². The molecule has 1 aromatic carbocycles. The first-order chi connectivity index (χ1) is 9.43. The SMILES string of the molecule is CCCCCCCC(C)Cc1ccc(S(=O)(=O)O)cc1. The molecule has 3 nitrogen and oxygen atoms in total. The van der Waals surface area contributed by atoms with Crippen LogP contribution >= 0.6 is 0 Å². The van der Waals surface area contributed by atoms with Crippen molar-refractivity contribution in [2.24, 2.45) is 5.92 Å². The predicted molar refractivity (Wildman–Crippen MR) is 82.5 cm³/mol. The van der Waals surface area contributed by atoms with Crippen molar-refractivity contribution in [1.82, 2.24) is 0 Å². The lowest BCUT2D eigenvalue weighted by atomic mass is 9.95. The molecule has 1 aromatic rings. The molecule has 0 heterocycles. The van der Waals surface area contributed by atoms with Crippen LogP contribution < -0.4 is 0 Å². The molecule has 0 fully saturated rings. The summed E-state index contributed by atoms with van der Waals surface area (Å²) in [7, 11) is -4.07. The minimum Gasteiger partial charge on any atom is -0.282 e. The smallest absolute Gasteiger partial charge is 0.282 e. The summed E-state index contributed by atoms with van der Waals surface area (Å²) in [6.45, 7) is 4.45. The first kappa shape index (κ1) is 17.2. The highest BCUT2D eigenvalue weighted by atomic mass is 32.2. The zero-order valence-corrected chi connectivity index (χ0v) is 13.3. The fraction of sp³-hybridized carbons (Fsp3) is 0.625. The summed E-state index contributed by atoms with van der Waals surface area (Å²) < 4.78 is 30.8. The van der Waals surface area contributed by atoms with Gasteiger partial charge in [0.25, 0.3) is 10.1 Å². The van der Waals surface area contributed by atoms with E-state index >= 15 is 0 Å². The number of unbranched alkanes of at least 4 members (excludes halogenated alkanes) is 4. The van der Waals surface area contributed by atoms with E-state index in [1.807, 2.05) is 0 Å². The minimum absolute atomic E-state index is 0.0338. The molecule has 0 saturated heterocycles. The van der Waals surface area contributed by atoms with E-state index in [0.717, 1.165) is 12.0 Å². The third-order valence-corrected chi connectivity index (χ3v) is 4.47. The lowest BCUT2D eigenvalue weighted by Crippen LogP contribution is -2.01. The van der Waals surface area contributed by atoms with E-state index in [1.54, 1.807) is 12.1 Å². The lowest BCUT2D eigenvalue weighted by molar-refractivity contribution is 0.481. The number of rotatable bonds is 9. The summed E-state index contributed by atoms with van der Waals surface area (Å²) in [5.74, 6) is 0.605. The van der Waals surface area contributed by atoms with E-state index in [0.29, 0.717) is 5.92 Å². The van der Waals surface area contributed by atoms with Gasteiger partial charge < -0.3 is 0 Å². The fourth-order valence-electron chi connectivity index (χ4n) is 2.40. The van der Waals surface area contributed by atoms with Crippen molar-refractivity contribution in [3.8, 4) is 0 Å². The molecular weight excluding hydrogens is 272 g/mol. The van der Waals surface area contributed by atoms with Gasteiger partial charge in [-0.05, 0) is 30.0 Å². The Hall–Kier alpha value is -0.870. The average molecular weight is 298 g/mol. The van der Waals surface area contributed by atoms with E-state index in [-0.39, 0.29) is 4.90 Å². The second-order valence-electron chi connectivity index (χ2n) is 5.63. The standard InChI is InChI=1S/C16H26O3S/c1-3-4-5-6-7-8-14(2)13-15-9-11-16(12-10-15)20(17,18)19/h9-12,14H,3-8,13H2,1-2H3,(H,17,18,19). The Bertz CT molecular complexity index is 477. The Morgan fingerprint density at radius 3 is 2.20 bits per heavy atom. The van der Waals surface area contributed by atoms with E-state index in [9.17, 15) is 8.42 Å². The number of hydrogen-bond donors (Lipinski definition) is 1. The summed E-state index contributed by atoms with van der Waals surface area (Å²) >= 11 is 0. The maximum Gasteiger partial charge on any atom is 0.294 e. The number of hydrogen-bond acceptors (Lipinski definition) is 2. The van der Waals surface area contributed by atoms with Crippen molar-refractivity contribution >= 4 is 10.1 Å². The van der Waals surface area contributed by atoms with Crippen LogP contribution in [-0.2, 0) is 16.5 Å². The van der Waals surface area contributed by atoms with Crippen LogP contribution in [-0.4, -0.2) is 13.0 Å². The van der Waals surface area contributed by atoms with Gasteiger partial charge in [-0.2, -0.15) is 8.42 Å². The molecule has 1 N–H and O–H groups in total. The van der Waals surface area contributed by atoms with Gasteiger partial charge in [-0.3, -0.25) is 4.55 Å². The molecule has 0 bridgehead atoms. The molecule has 0 aliphatic rings. The zero-order valence-electron chi connectivity index (χ0n) is 12.5. The van der Waals surface area contributed by atoms with Gasteiger partial charge in [0.2, 0.25) is 0 Å². The molecule has 1 atom stereocenters. The predicted octanol–water partition coefficient (Wildman–Crippen LogP) is 4.47. The Labute approximate surface area is 123 Å². The topological polar surface area (TPSA) is 54.4 Å².